The van der Waals surface area contributed by atoms with Gasteiger partial charge in [0.15, 0.2) is 0 Å². The average molecular weight is 394 g/mol. The second-order valence-corrected chi connectivity index (χ2v) is 7.14. The summed E-state index contributed by atoms with van der Waals surface area (Å²) < 4.78 is 10.3. The van der Waals surface area contributed by atoms with E-state index in [-0.39, 0.29) is 17.5 Å². The van der Waals surface area contributed by atoms with Gasteiger partial charge in [-0.05, 0) is 43.9 Å². The highest BCUT2D eigenvalue weighted by molar-refractivity contribution is 6.30. The zero-order valence-corrected chi connectivity index (χ0v) is 16.8. The number of unbranched alkanes of at least 4 members (excludes halogenated alkanes) is 1. The Bertz CT molecular complexity index is 666. The number of benzene rings is 1. The van der Waals surface area contributed by atoms with Gasteiger partial charge in [-0.2, -0.15) is 0 Å². The average Bonchev–Trinajstić information content (AvgIpc) is 2.67. The molecule has 1 saturated heterocycles. The van der Waals surface area contributed by atoms with Crippen molar-refractivity contribution in [3.05, 3.63) is 47.0 Å². The number of likely N-dealkylation sites (tertiary alicyclic amines) is 1. The SMILES string of the molecule is CCCCOC(=O)N1CCC(/C=C/C(=O)OCC)(c2cccc(Cl)c2)CC1. The second kappa shape index (κ2) is 10.4. The molecule has 6 heteroatoms. The molecule has 0 aromatic heterocycles. The summed E-state index contributed by atoms with van der Waals surface area (Å²) in [5.41, 5.74) is 0.673. The van der Waals surface area contributed by atoms with Crippen LogP contribution < -0.4 is 0 Å². The number of amides is 1. The zero-order valence-electron chi connectivity index (χ0n) is 16.1. The van der Waals surface area contributed by atoms with E-state index in [9.17, 15) is 9.59 Å². The van der Waals surface area contributed by atoms with Gasteiger partial charge in [-0.25, -0.2) is 9.59 Å². The third-order valence-electron chi connectivity index (χ3n) is 4.86. The molecule has 1 aromatic carbocycles. The van der Waals surface area contributed by atoms with Crippen LogP contribution in [0.3, 0.4) is 0 Å². The molecule has 0 spiro atoms. The van der Waals surface area contributed by atoms with Crippen molar-refractivity contribution in [2.75, 3.05) is 26.3 Å². The first-order valence-electron chi connectivity index (χ1n) is 9.54. The van der Waals surface area contributed by atoms with Crippen molar-refractivity contribution in [2.24, 2.45) is 0 Å². The van der Waals surface area contributed by atoms with Crippen LogP contribution in [0.1, 0.15) is 45.1 Å². The van der Waals surface area contributed by atoms with Crippen LogP contribution in [0.2, 0.25) is 5.02 Å². The number of ether oxygens (including phenoxy) is 2. The van der Waals surface area contributed by atoms with Gasteiger partial charge in [0.1, 0.15) is 0 Å². The fourth-order valence-corrected chi connectivity index (χ4v) is 3.44. The van der Waals surface area contributed by atoms with Gasteiger partial charge in [-0.1, -0.05) is 43.2 Å². The Morgan fingerprint density at radius 2 is 1.96 bits per heavy atom. The first-order chi connectivity index (χ1) is 13.0. The standard InChI is InChI=1S/C21H28ClNO4/c1-3-5-15-27-20(25)23-13-11-21(12-14-23,10-9-19(24)26-4-2)17-7-6-8-18(22)16-17/h6-10,16H,3-5,11-15H2,1-2H3/b10-9+. The Morgan fingerprint density at radius 1 is 1.22 bits per heavy atom. The van der Waals surface area contributed by atoms with Crippen molar-refractivity contribution in [3.63, 3.8) is 0 Å². The van der Waals surface area contributed by atoms with Crippen molar-refractivity contribution in [3.8, 4) is 0 Å². The normalized spacial score (nSPS) is 16.3. The number of hydrogen-bond donors (Lipinski definition) is 0. The summed E-state index contributed by atoms with van der Waals surface area (Å²) in [6.07, 6.45) is 6.35. The molecule has 1 amide bonds. The minimum Gasteiger partial charge on any atom is -0.463 e. The van der Waals surface area contributed by atoms with Gasteiger partial charge in [0.2, 0.25) is 0 Å². The minimum absolute atomic E-state index is 0.266. The van der Waals surface area contributed by atoms with Gasteiger partial charge in [-0.15, -0.1) is 0 Å². The van der Waals surface area contributed by atoms with Crippen molar-refractivity contribution >= 4 is 23.7 Å². The maximum atomic E-state index is 12.2. The van der Waals surface area contributed by atoms with Crippen LogP contribution in [0.15, 0.2) is 36.4 Å². The van der Waals surface area contributed by atoms with Crippen LogP contribution in [0.25, 0.3) is 0 Å². The molecule has 0 bridgehead atoms. The summed E-state index contributed by atoms with van der Waals surface area (Å²) in [5.74, 6) is -0.361. The van der Waals surface area contributed by atoms with E-state index in [2.05, 4.69) is 6.92 Å². The quantitative estimate of drug-likeness (QED) is 0.381. The highest BCUT2D eigenvalue weighted by atomic mass is 35.5. The zero-order chi connectivity index (χ0) is 19.7. The lowest BCUT2D eigenvalue weighted by molar-refractivity contribution is -0.137. The molecule has 1 aliphatic rings. The molecular weight excluding hydrogens is 366 g/mol. The van der Waals surface area contributed by atoms with Gasteiger partial charge < -0.3 is 14.4 Å². The molecule has 148 valence electrons. The molecule has 5 nitrogen and oxygen atoms in total. The summed E-state index contributed by atoms with van der Waals surface area (Å²) in [6, 6.07) is 7.67. The van der Waals surface area contributed by atoms with E-state index in [0.717, 1.165) is 18.4 Å². The largest absolute Gasteiger partial charge is 0.463 e. The maximum absolute atomic E-state index is 12.2. The van der Waals surface area contributed by atoms with Gasteiger partial charge in [-0.3, -0.25) is 0 Å². The summed E-state index contributed by atoms with van der Waals surface area (Å²) in [4.78, 5) is 25.8. The summed E-state index contributed by atoms with van der Waals surface area (Å²) in [7, 11) is 0. The lowest BCUT2D eigenvalue weighted by atomic mass is 9.72. The Labute approximate surface area is 166 Å². The smallest absolute Gasteiger partial charge is 0.409 e. The lowest BCUT2D eigenvalue weighted by Crippen LogP contribution is -2.44. The molecule has 1 aliphatic heterocycles. The van der Waals surface area contributed by atoms with Crippen LogP contribution >= 0.6 is 11.6 Å². The van der Waals surface area contributed by atoms with E-state index in [1.54, 1.807) is 11.8 Å². The third-order valence-corrected chi connectivity index (χ3v) is 5.10. The van der Waals surface area contributed by atoms with Crippen LogP contribution in [0.4, 0.5) is 4.79 Å². The minimum atomic E-state index is -0.363. The van der Waals surface area contributed by atoms with Gasteiger partial charge >= 0.3 is 12.1 Å². The van der Waals surface area contributed by atoms with E-state index in [1.165, 1.54) is 6.08 Å². The third kappa shape index (κ3) is 5.99. The number of hydrogen-bond acceptors (Lipinski definition) is 4. The Kier molecular flexibility index (Phi) is 8.17. The molecule has 0 saturated carbocycles. The van der Waals surface area contributed by atoms with E-state index in [0.29, 0.717) is 44.2 Å². The summed E-state index contributed by atoms with van der Waals surface area (Å²) >= 11 is 6.19. The number of carbonyl (C=O) groups is 2. The molecule has 1 aromatic rings. The van der Waals surface area contributed by atoms with Crippen molar-refractivity contribution < 1.29 is 19.1 Å². The molecule has 1 fully saturated rings. The molecule has 0 aliphatic carbocycles. The molecule has 0 N–H and O–H groups in total. The molecule has 1 heterocycles. The predicted molar refractivity (Wildman–Crippen MR) is 106 cm³/mol. The number of allylic oxidation sites excluding steroid dienone is 1. The van der Waals surface area contributed by atoms with E-state index in [4.69, 9.17) is 21.1 Å². The molecule has 2 rings (SSSR count). The first kappa shape index (κ1) is 21.3. The van der Waals surface area contributed by atoms with Crippen LogP contribution in [-0.4, -0.2) is 43.3 Å². The number of halogens is 1. The second-order valence-electron chi connectivity index (χ2n) is 6.71. The first-order valence-corrected chi connectivity index (χ1v) is 9.92. The van der Waals surface area contributed by atoms with Crippen molar-refractivity contribution in [2.45, 2.75) is 44.9 Å². The van der Waals surface area contributed by atoms with Crippen molar-refractivity contribution in [1.29, 1.82) is 0 Å². The molecule has 27 heavy (non-hydrogen) atoms. The fraction of sp³-hybridized carbons (Fsp3) is 0.524. The lowest BCUT2D eigenvalue weighted by Gasteiger charge is -2.40. The highest BCUT2D eigenvalue weighted by Gasteiger charge is 2.36. The topological polar surface area (TPSA) is 55.8 Å². The van der Waals surface area contributed by atoms with Gasteiger partial charge in [0, 0.05) is 29.6 Å². The summed E-state index contributed by atoms with van der Waals surface area (Å²) in [5, 5.41) is 0.651. The summed E-state index contributed by atoms with van der Waals surface area (Å²) in [6.45, 7) is 5.75. The number of rotatable bonds is 7. The maximum Gasteiger partial charge on any atom is 0.409 e. The van der Waals surface area contributed by atoms with Crippen molar-refractivity contribution in [1.82, 2.24) is 4.90 Å². The number of piperidine rings is 1. The van der Waals surface area contributed by atoms with E-state index < -0.39 is 0 Å². The monoisotopic (exact) mass is 393 g/mol. The molecule has 0 unspecified atom stereocenters. The van der Waals surface area contributed by atoms with Crippen LogP contribution in [0, 0.1) is 0 Å². The number of esters is 1. The molecular formula is C21H28ClNO4. The molecule has 0 atom stereocenters. The van der Waals surface area contributed by atoms with Crippen LogP contribution in [0.5, 0.6) is 0 Å². The van der Waals surface area contributed by atoms with E-state index >= 15 is 0 Å². The number of nitrogens with zero attached hydrogens (tertiary/aromatic N) is 1. The van der Waals surface area contributed by atoms with Gasteiger partial charge in [0.25, 0.3) is 0 Å². The Hall–Kier alpha value is -2.01. The number of carbonyl (C=O) groups excluding carboxylic acids is 2. The highest BCUT2D eigenvalue weighted by Crippen LogP contribution is 2.38. The van der Waals surface area contributed by atoms with Crippen LogP contribution in [-0.2, 0) is 19.7 Å². The molecule has 0 radical (unpaired) electrons. The Balaban J connectivity index is 2.14. The van der Waals surface area contributed by atoms with E-state index in [1.807, 2.05) is 30.3 Å². The fourth-order valence-electron chi connectivity index (χ4n) is 3.25. The Morgan fingerprint density at radius 3 is 2.59 bits per heavy atom. The van der Waals surface area contributed by atoms with Gasteiger partial charge in [0.05, 0.1) is 13.2 Å². The predicted octanol–water partition coefficient (Wildman–Crippen LogP) is 4.73.